The van der Waals surface area contributed by atoms with Crippen LogP contribution in [0.2, 0.25) is 0 Å². The molecule has 0 aliphatic carbocycles. The van der Waals surface area contributed by atoms with Crippen LogP contribution in [-0.4, -0.2) is 86.7 Å². The lowest BCUT2D eigenvalue weighted by molar-refractivity contribution is -0.155. The van der Waals surface area contributed by atoms with Crippen molar-refractivity contribution in [3.8, 4) is 0 Å². The van der Waals surface area contributed by atoms with Crippen molar-refractivity contribution in [1.82, 2.24) is 14.1 Å². The zero-order valence-electron chi connectivity index (χ0n) is 18.5. The van der Waals surface area contributed by atoms with Gasteiger partial charge in [-0.05, 0) is 45.2 Å². The van der Waals surface area contributed by atoms with Crippen LogP contribution in [0.5, 0.6) is 0 Å². The van der Waals surface area contributed by atoms with Crippen molar-refractivity contribution < 1.29 is 22.7 Å². The monoisotopic (exact) mass is 431 g/mol. The third-order valence-electron chi connectivity index (χ3n) is 6.30. The minimum Gasteiger partial charge on any atom is -0.467 e. The van der Waals surface area contributed by atoms with Crippen LogP contribution in [0.1, 0.15) is 52.4 Å². The lowest BCUT2D eigenvalue weighted by Crippen LogP contribution is -2.52. The molecule has 2 heterocycles. The summed E-state index contributed by atoms with van der Waals surface area (Å²) in [5.74, 6) is -0.878. The van der Waals surface area contributed by atoms with E-state index in [2.05, 4.69) is 0 Å². The predicted octanol–water partition coefficient (Wildman–Crippen LogP) is 1.52. The number of rotatable bonds is 6. The first kappa shape index (κ1) is 24.1. The molecule has 168 valence electrons. The highest BCUT2D eigenvalue weighted by Gasteiger charge is 2.40. The second kappa shape index (κ2) is 10.2. The van der Waals surface area contributed by atoms with Gasteiger partial charge in [0.15, 0.2) is 0 Å². The van der Waals surface area contributed by atoms with E-state index in [1.807, 2.05) is 25.8 Å². The van der Waals surface area contributed by atoms with Gasteiger partial charge in [0.1, 0.15) is 11.4 Å². The summed E-state index contributed by atoms with van der Waals surface area (Å²) in [6.45, 7) is 5.25. The lowest BCUT2D eigenvalue weighted by Gasteiger charge is -2.37. The molecule has 1 amide bonds. The van der Waals surface area contributed by atoms with Crippen LogP contribution >= 0.6 is 0 Å². The molecule has 29 heavy (non-hydrogen) atoms. The number of sulfonamides is 1. The number of ether oxygens (including phenoxy) is 1. The van der Waals surface area contributed by atoms with Crippen molar-refractivity contribution in [2.75, 3.05) is 40.8 Å². The molecule has 2 aliphatic heterocycles. The summed E-state index contributed by atoms with van der Waals surface area (Å²) in [4.78, 5) is 28.5. The Morgan fingerprint density at radius 1 is 1.03 bits per heavy atom. The molecule has 2 aliphatic rings. The molecule has 2 fully saturated rings. The molecule has 0 bridgehead atoms. The maximum Gasteiger partial charge on any atom is 0.328 e. The highest BCUT2D eigenvalue weighted by Crippen LogP contribution is 2.28. The number of amides is 1. The molecule has 0 N–H and O–H groups in total. The van der Waals surface area contributed by atoms with Gasteiger partial charge >= 0.3 is 5.97 Å². The van der Waals surface area contributed by atoms with E-state index in [1.54, 1.807) is 11.4 Å². The quantitative estimate of drug-likeness (QED) is 0.593. The van der Waals surface area contributed by atoms with Crippen LogP contribution in [0.4, 0.5) is 0 Å². The highest BCUT2D eigenvalue weighted by molar-refractivity contribution is 7.89. The van der Waals surface area contributed by atoms with Crippen LogP contribution in [0, 0.1) is 11.8 Å². The Kier molecular flexibility index (Phi) is 8.48. The van der Waals surface area contributed by atoms with E-state index in [9.17, 15) is 18.0 Å². The molecule has 2 saturated heterocycles. The van der Waals surface area contributed by atoms with Crippen LogP contribution in [0.15, 0.2) is 0 Å². The van der Waals surface area contributed by atoms with Crippen LogP contribution in [0.3, 0.4) is 0 Å². The number of nitrogens with zero attached hydrogens (tertiary/aromatic N) is 3. The lowest BCUT2D eigenvalue weighted by atomic mass is 9.94. The highest BCUT2D eigenvalue weighted by atomic mass is 32.2. The normalized spacial score (nSPS) is 24.1. The number of piperidine rings is 1. The zero-order valence-corrected chi connectivity index (χ0v) is 19.3. The van der Waals surface area contributed by atoms with Crippen LogP contribution in [-0.2, 0) is 24.3 Å². The van der Waals surface area contributed by atoms with Gasteiger partial charge in [0, 0.05) is 26.1 Å². The summed E-state index contributed by atoms with van der Waals surface area (Å²) in [5.41, 5.74) is 0. The summed E-state index contributed by atoms with van der Waals surface area (Å²) in [7, 11) is 1.43. The SMILES string of the molecule is COC(=O)[C@H](C(C)C)N(C)C(=O)C1CCN(S(=O)(=O)[C@@H]2CCCCCN2C)CC1. The summed E-state index contributed by atoms with van der Waals surface area (Å²) in [5, 5.41) is -0.468. The Labute approximate surface area is 175 Å². The molecular weight excluding hydrogens is 394 g/mol. The Balaban J connectivity index is 2.02. The van der Waals surface area contributed by atoms with E-state index in [0.29, 0.717) is 32.4 Å². The first-order chi connectivity index (χ1) is 13.6. The first-order valence-electron chi connectivity index (χ1n) is 10.6. The molecule has 0 aromatic heterocycles. The third-order valence-corrected chi connectivity index (χ3v) is 8.67. The van der Waals surface area contributed by atoms with Gasteiger partial charge in [0.25, 0.3) is 0 Å². The van der Waals surface area contributed by atoms with Gasteiger partial charge < -0.3 is 9.64 Å². The summed E-state index contributed by atoms with van der Waals surface area (Å²) in [6.07, 6.45) is 4.64. The Hall–Kier alpha value is -1.19. The minimum atomic E-state index is -3.41. The largest absolute Gasteiger partial charge is 0.467 e. The number of likely N-dealkylation sites (N-methyl/N-ethyl adjacent to an activating group) is 1. The van der Waals surface area contributed by atoms with Gasteiger partial charge in [-0.2, -0.15) is 0 Å². The van der Waals surface area contributed by atoms with Gasteiger partial charge in [0.05, 0.1) is 7.11 Å². The maximum atomic E-state index is 13.2. The Morgan fingerprint density at radius 2 is 1.66 bits per heavy atom. The summed E-state index contributed by atoms with van der Waals surface area (Å²) < 4.78 is 32.8. The molecule has 0 spiro atoms. The molecule has 2 atom stereocenters. The second-order valence-electron chi connectivity index (χ2n) is 8.66. The van der Waals surface area contributed by atoms with Gasteiger partial charge in [-0.3, -0.25) is 9.69 Å². The number of carbonyl (C=O) groups is 2. The molecule has 0 aromatic rings. The third kappa shape index (κ3) is 5.49. The summed E-state index contributed by atoms with van der Waals surface area (Å²) >= 11 is 0. The molecule has 0 saturated carbocycles. The fraction of sp³-hybridized carbons (Fsp3) is 0.900. The smallest absolute Gasteiger partial charge is 0.328 e. The molecule has 8 nitrogen and oxygen atoms in total. The van der Waals surface area contributed by atoms with Crippen molar-refractivity contribution in [3.05, 3.63) is 0 Å². The molecule has 0 unspecified atom stereocenters. The van der Waals surface area contributed by atoms with E-state index in [4.69, 9.17) is 4.74 Å². The van der Waals surface area contributed by atoms with Crippen molar-refractivity contribution in [2.24, 2.45) is 11.8 Å². The first-order valence-corrected chi connectivity index (χ1v) is 12.1. The summed E-state index contributed by atoms with van der Waals surface area (Å²) in [6, 6.07) is -0.631. The fourth-order valence-electron chi connectivity index (χ4n) is 4.55. The maximum absolute atomic E-state index is 13.2. The van der Waals surface area contributed by atoms with Gasteiger partial charge in [-0.1, -0.05) is 26.7 Å². The van der Waals surface area contributed by atoms with E-state index < -0.39 is 27.4 Å². The van der Waals surface area contributed by atoms with Crippen molar-refractivity contribution in [2.45, 2.75) is 63.8 Å². The van der Waals surface area contributed by atoms with E-state index in [0.717, 1.165) is 25.8 Å². The molecule has 9 heteroatoms. The van der Waals surface area contributed by atoms with Crippen molar-refractivity contribution in [3.63, 3.8) is 0 Å². The standard InChI is InChI=1S/C20H37N3O5S/c1-15(2)18(20(25)28-5)22(4)19(24)16-10-13-23(14-11-16)29(26,27)17-9-7-6-8-12-21(17)3/h15-18H,6-14H2,1-5H3/t17-,18+/m1/s1. The number of hydrogen-bond donors (Lipinski definition) is 0. The second-order valence-corrected chi connectivity index (χ2v) is 10.8. The van der Waals surface area contributed by atoms with E-state index in [1.165, 1.54) is 12.0 Å². The van der Waals surface area contributed by atoms with Crippen LogP contribution in [0.25, 0.3) is 0 Å². The fourth-order valence-corrected chi connectivity index (χ4v) is 6.64. The Bertz CT molecular complexity index is 674. The average molecular weight is 432 g/mol. The predicted molar refractivity (Wildman–Crippen MR) is 112 cm³/mol. The number of likely N-dealkylation sites (tertiary alicyclic amines) is 1. The van der Waals surface area contributed by atoms with E-state index >= 15 is 0 Å². The van der Waals surface area contributed by atoms with Crippen molar-refractivity contribution >= 4 is 21.9 Å². The Morgan fingerprint density at radius 3 is 2.21 bits per heavy atom. The number of methoxy groups -OCH3 is 1. The van der Waals surface area contributed by atoms with E-state index in [-0.39, 0.29) is 17.7 Å². The number of carbonyl (C=O) groups excluding carboxylic acids is 2. The molecule has 0 aromatic carbocycles. The molecular formula is C20H37N3O5S. The van der Waals surface area contributed by atoms with Crippen molar-refractivity contribution in [1.29, 1.82) is 0 Å². The minimum absolute atomic E-state index is 0.0670. The average Bonchev–Trinajstić information content (AvgIpc) is 2.91. The van der Waals surface area contributed by atoms with Gasteiger partial charge in [-0.25, -0.2) is 17.5 Å². The topological polar surface area (TPSA) is 87.2 Å². The molecule has 0 radical (unpaired) electrons. The number of esters is 1. The number of hydrogen-bond acceptors (Lipinski definition) is 6. The molecule has 2 rings (SSSR count). The van der Waals surface area contributed by atoms with Gasteiger partial charge in [0.2, 0.25) is 15.9 Å². The van der Waals surface area contributed by atoms with Gasteiger partial charge in [-0.15, -0.1) is 0 Å². The zero-order chi connectivity index (χ0) is 21.8. The van der Waals surface area contributed by atoms with Crippen LogP contribution < -0.4 is 0 Å².